The molecule has 1 aromatic heterocycles. The number of nitrogens with two attached hydrogens (primary N) is 1. The average Bonchev–Trinajstić information content (AvgIpc) is 3.24. The summed E-state index contributed by atoms with van der Waals surface area (Å²) in [4.78, 5) is 19.0. The Morgan fingerprint density at radius 2 is 2.31 bits per heavy atom. The van der Waals surface area contributed by atoms with Crippen LogP contribution in [0.5, 0.6) is 0 Å². The predicted molar refractivity (Wildman–Crippen MR) is 104 cm³/mol. The number of amidine groups is 1. The third kappa shape index (κ3) is 3.62. The van der Waals surface area contributed by atoms with Crippen molar-refractivity contribution in [2.24, 2.45) is 10.7 Å². The van der Waals surface area contributed by atoms with Crippen LogP contribution in [-0.2, 0) is 0 Å². The fourth-order valence-corrected chi connectivity index (χ4v) is 6.31. The van der Waals surface area contributed by atoms with Gasteiger partial charge in [0.05, 0.1) is 0 Å². The Bertz CT molecular complexity index is 950. The zero-order valence-electron chi connectivity index (χ0n) is 14.0. The molecule has 26 heavy (non-hydrogen) atoms. The van der Waals surface area contributed by atoms with E-state index in [-0.39, 0.29) is 0 Å². The SMILES string of the molecule is Cc1cc([AsH]C2=CN(Sc3cccc(C(N)=O)c3)CC3=NC=C[N+]23)n[nH]1. The second-order valence-electron chi connectivity index (χ2n) is 5.85. The first kappa shape index (κ1) is 17.1. The van der Waals surface area contributed by atoms with Gasteiger partial charge < -0.3 is 0 Å². The summed E-state index contributed by atoms with van der Waals surface area (Å²) in [6, 6.07) is 9.45. The normalized spacial score (nSPS) is 16.9. The van der Waals surface area contributed by atoms with E-state index in [0.717, 1.165) is 20.9 Å². The fourth-order valence-electron chi connectivity index (χ4n) is 2.66. The summed E-state index contributed by atoms with van der Waals surface area (Å²) in [7, 11) is 0. The van der Waals surface area contributed by atoms with Crippen LogP contribution in [-0.4, -0.2) is 48.5 Å². The molecular formula is C17H17AsN6OS+. The maximum absolute atomic E-state index is 11.4. The molecule has 1 aromatic carbocycles. The summed E-state index contributed by atoms with van der Waals surface area (Å²) in [5.74, 6) is 0.579. The molecule has 0 fully saturated rings. The molecule has 0 saturated heterocycles. The van der Waals surface area contributed by atoms with E-state index in [9.17, 15) is 4.79 Å². The average molecular weight is 428 g/mol. The number of amides is 1. The van der Waals surface area contributed by atoms with E-state index in [4.69, 9.17) is 5.73 Å². The molecular weight excluding hydrogens is 411 g/mol. The Kier molecular flexibility index (Phi) is 4.71. The van der Waals surface area contributed by atoms with Crippen molar-refractivity contribution in [3.8, 4) is 0 Å². The molecule has 2 aliphatic heterocycles. The van der Waals surface area contributed by atoms with Gasteiger partial charge in [0, 0.05) is 0 Å². The summed E-state index contributed by atoms with van der Waals surface area (Å²) in [5.41, 5.74) is 6.97. The van der Waals surface area contributed by atoms with E-state index < -0.39 is 21.7 Å². The molecule has 1 unspecified atom stereocenters. The molecule has 1 amide bonds. The first-order chi connectivity index (χ1) is 12.6. The van der Waals surface area contributed by atoms with Crippen LogP contribution in [0.1, 0.15) is 16.1 Å². The van der Waals surface area contributed by atoms with Gasteiger partial charge in [0.2, 0.25) is 0 Å². The van der Waals surface area contributed by atoms with Gasteiger partial charge in [0.1, 0.15) is 0 Å². The molecule has 0 aliphatic carbocycles. The second-order valence-corrected chi connectivity index (χ2v) is 9.64. The number of carbonyl (C=O) groups is 1. The second kappa shape index (κ2) is 7.15. The third-order valence-corrected chi connectivity index (χ3v) is 7.17. The number of aryl methyl sites for hydroxylation is 1. The number of benzene rings is 1. The van der Waals surface area contributed by atoms with Gasteiger partial charge >= 0.3 is 162 Å². The molecule has 4 rings (SSSR count). The number of hydrogen-bond donors (Lipinski definition) is 2. The van der Waals surface area contributed by atoms with Gasteiger partial charge in [-0.05, 0) is 0 Å². The minimum absolute atomic E-state index is 0.418. The topological polar surface area (TPSA) is 93.3 Å². The van der Waals surface area contributed by atoms with E-state index in [0.29, 0.717) is 12.1 Å². The van der Waals surface area contributed by atoms with E-state index in [1.54, 1.807) is 18.0 Å². The summed E-state index contributed by atoms with van der Waals surface area (Å²) in [5, 5.41) is 7.40. The van der Waals surface area contributed by atoms with E-state index in [1.807, 2.05) is 37.5 Å². The molecule has 0 bridgehead atoms. The first-order valence-electron chi connectivity index (χ1n) is 7.96. The summed E-state index contributed by atoms with van der Waals surface area (Å²) < 4.78 is 4.46. The molecule has 0 saturated carbocycles. The van der Waals surface area contributed by atoms with Gasteiger partial charge in [-0.25, -0.2) is 0 Å². The van der Waals surface area contributed by atoms with Gasteiger partial charge in [0.15, 0.2) is 0 Å². The number of hydrogen-bond acceptors (Lipinski definition) is 6. The van der Waals surface area contributed by atoms with E-state index in [1.165, 1.54) is 4.48 Å². The van der Waals surface area contributed by atoms with Crippen LogP contribution in [0.2, 0.25) is 0 Å². The molecule has 9 heteroatoms. The number of rotatable bonds is 5. The van der Waals surface area contributed by atoms with Crippen molar-refractivity contribution in [1.29, 1.82) is 0 Å². The standard InChI is InChI=1S/C17H17AsN6OS/c1-11-7-14(22-21-11)18-15-9-23(10-16-20-5-6-24(15)16)26-13-4-2-3-12(8-13)17(19)25/h2-9,18H,10H2,1H3,(H2,19,25)(H,21,22)/q+1. The summed E-state index contributed by atoms with van der Waals surface area (Å²) in [6.07, 6.45) is 5.98. The van der Waals surface area contributed by atoms with Crippen molar-refractivity contribution in [3.63, 3.8) is 0 Å². The van der Waals surface area contributed by atoms with Crippen LogP contribution in [0.4, 0.5) is 0 Å². The molecule has 3 heterocycles. The van der Waals surface area contributed by atoms with Gasteiger partial charge in [-0.15, -0.1) is 0 Å². The van der Waals surface area contributed by atoms with Crippen molar-refractivity contribution < 1.29 is 4.79 Å². The molecule has 3 N–H and O–H groups in total. The summed E-state index contributed by atoms with van der Waals surface area (Å²) in [6.45, 7) is 2.70. The van der Waals surface area contributed by atoms with Crippen LogP contribution < -0.4 is 15.1 Å². The number of aliphatic imine (C=N–C) groups is 1. The maximum atomic E-state index is 11.4. The first-order valence-corrected chi connectivity index (χ1v) is 10.8. The molecule has 1 radical (unpaired) electrons. The zero-order chi connectivity index (χ0) is 18.1. The van der Waals surface area contributed by atoms with Crippen LogP contribution in [0.15, 0.2) is 63.3 Å². The van der Waals surface area contributed by atoms with Crippen molar-refractivity contribution in [3.05, 3.63) is 64.7 Å². The van der Waals surface area contributed by atoms with Crippen LogP contribution in [0.25, 0.3) is 0 Å². The number of carbonyl (C=O) groups excluding carboxylic acids is 1. The van der Waals surface area contributed by atoms with Crippen LogP contribution in [0, 0.1) is 6.92 Å². The Hall–Kier alpha value is -2.28. The third-order valence-electron chi connectivity index (χ3n) is 3.84. The van der Waals surface area contributed by atoms with E-state index >= 15 is 0 Å². The zero-order valence-corrected chi connectivity index (χ0v) is 16.9. The number of aromatic amines is 1. The number of nitrogens with one attached hydrogen (secondary N) is 1. The van der Waals surface area contributed by atoms with Crippen molar-refractivity contribution in [2.75, 3.05) is 6.54 Å². The molecule has 7 nitrogen and oxygen atoms in total. The monoisotopic (exact) mass is 428 g/mol. The summed E-state index contributed by atoms with van der Waals surface area (Å²) >= 11 is 0.970. The van der Waals surface area contributed by atoms with Crippen LogP contribution in [0.3, 0.4) is 0 Å². The van der Waals surface area contributed by atoms with Crippen molar-refractivity contribution >= 4 is 43.9 Å². The predicted octanol–water partition coefficient (Wildman–Crippen LogP) is 0.724. The minimum atomic E-state index is -0.600. The molecule has 2 aromatic rings. The van der Waals surface area contributed by atoms with Crippen molar-refractivity contribution in [2.45, 2.75) is 11.8 Å². The molecule has 0 spiro atoms. The van der Waals surface area contributed by atoms with Gasteiger partial charge in [-0.1, -0.05) is 0 Å². The molecule has 2 aliphatic rings. The fraction of sp³-hybridized carbons (Fsp3) is 0.118. The number of nitrogens with zero attached hydrogens (tertiary/aromatic N) is 4. The number of aromatic nitrogens is 2. The van der Waals surface area contributed by atoms with E-state index in [2.05, 4.69) is 36.7 Å². The quantitative estimate of drug-likeness (QED) is 0.417. The van der Waals surface area contributed by atoms with Crippen molar-refractivity contribution in [1.82, 2.24) is 19.4 Å². The van der Waals surface area contributed by atoms with Gasteiger partial charge in [-0.3, -0.25) is 0 Å². The Labute approximate surface area is 161 Å². The Balaban J connectivity index is 1.58. The van der Waals surface area contributed by atoms with Crippen LogP contribution >= 0.6 is 11.9 Å². The van der Waals surface area contributed by atoms with Gasteiger partial charge in [0.25, 0.3) is 0 Å². The number of H-pyrrole nitrogens is 1. The Morgan fingerprint density at radius 3 is 3.08 bits per heavy atom. The number of fused-ring (bicyclic) bond motifs is 1. The number of primary amides is 1. The molecule has 1 atom stereocenters. The van der Waals surface area contributed by atoms with Gasteiger partial charge in [-0.2, -0.15) is 0 Å². The Morgan fingerprint density at radius 1 is 1.42 bits per heavy atom. The molecule has 131 valence electrons.